The largest absolute Gasteiger partial charge is 0.460 e. The van der Waals surface area contributed by atoms with Gasteiger partial charge >= 0.3 is 5.97 Å². The molecule has 384 valence electrons. The van der Waals surface area contributed by atoms with Crippen molar-refractivity contribution in [3.63, 3.8) is 0 Å². The van der Waals surface area contributed by atoms with Crippen molar-refractivity contribution in [2.75, 3.05) is 27.9 Å². The number of ketones is 3. The second kappa shape index (κ2) is 25.8. The molecule has 0 radical (unpaired) electrons. The van der Waals surface area contributed by atoms with Gasteiger partial charge in [0, 0.05) is 40.2 Å². The molecule has 0 spiro atoms. The fourth-order valence-electron chi connectivity index (χ4n) is 10.7. The Balaban J connectivity index is 1.43. The quantitative estimate of drug-likeness (QED) is 0.165. The lowest BCUT2D eigenvalue weighted by atomic mass is 9.77. The van der Waals surface area contributed by atoms with E-state index in [9.17, 15) is 29.1 Å². The molecule has 1 aliphatic carbocycles. The predicted molar refractivity (Wildman–Crippen MR) is 259 cm³/mol. The summed E-state index contributed by atoms with van der Waals surface area (Å²) >= 11 is 0. The Morgan fingerprint density at radius 3 is 2.32 bits per heavy atom. The Labute approximate surface area is 410 Å². The fourth-order valence-corrected chi connectivity index (χ4v) is 10.7. The van der Waals surface area contributed by atoms with Gasteiger partial charge in [-0.15, -0.1) is 5.10 Å². The summed E-state index contributed by atoms with van der Waals surface area (Å²) in [6.45, 7) is 15.1. The highest BCUT2D eigenvalue weighted by Gasteiger charge is 2.47. The number of piperidine rings is 1. The molecule has 1 amide bonds. The Morgan fingerprint density at radius 2 is 1.64 bits per heavy atom. The molecule has 15 atom stereocenters. The van der Waals surface area contributed by atoms with Crippen LogP contribution in [0, 0.1) is 35.5 Å². The minimum atomic E-state index is -1.98. The molecule has 1 saturated carbocycles. The van der Waals surface area contributed by atoms with Crippen LogP contribution in [0.2, 0.25) is 0 Å². The number of hydrogen-bond donors (Lipinski definition) is 1. The number of carbonyl (C=O) groups excluding carboxylic acids is 5. The second-order valence-electron chi connectivity index (χ2n) is 20.9. The summed E-state index contributed by atoms with van der Waals surface area (Å²) in [5.74, 6) is -3.98. The van der Waals surface area contributed by atoms with Crippen LogP contribution in [0.15, 0.2) is 53.9 Å². The number of fused-ring (bicyclic) bond motifs is 3. The number of hydrogen-bond acceptors (Lipinski definition) is 14. The molecular weight excluding hydrogens is 883 g/mol. The van der Waals surface area contributed by atoms with Crippen molar-refractivity contribution < 1.29 is 52.8 Å². The maximum Gasteiger partial charge on any atom is 0.329 e. The average Bonchev–Trinajstić information content (AvgIpc) is 3.98. The third-order valence-corrected chi connectivity index (χ3v) is 15.5. The number of rotatable bonds is 7. The van der Waals surface area contributed by atoms with E-state index in [0.717, 1.165) is 18.4 Å². The van der Waals surface area contributed by atoms with Crippen LogP contribution in [0.4, 0.5) is 0 Å². The molecule has 16 heteroatoms. The summed E-state index contributed by atoms with van der Waals surface area (Å²) in [6, 6.07) is -1.10. The number of aromatic nitrogens is 4. The summed E-state index contributed by atoms with van der Waals surface area (Å²) in [4.78, 5) is 71.9. The van der Waals surface area contributed by atoms with E-state index < -0.39 is 65.6 Å². The van der Waals surface area contributed by atoms with Crippen molar-refractivity contribution in [3.8, 4) is 0 Å². The van der Waals surface area contributed by atoms with Crippen LogP contribution in [0.3, 0.4) is 0 Å². The van der Waals surface area contributed by atoms with E-state index >= 15 is 0 Å². The highest BCUT2D eigenvalue weighted by Crippen LogP contribution is 2.39. The Hall–Kier alpha value is -4.22. The first-order valence-corrected chi connectivity index (χ1v) is 25.3. The van der Waals surface area contributed by atoms with Crippen molar-refractivity contribution in [2.24, 2.45) is 35.5 Å². The summed E-state index contributed by atoms with van der Waals surface area (Å²) in [5.41, 5.74) is -0.252. The summed E-state index contributed by atoms with van der Waals surface area (Å²) in [7, 11) is 4.84. The molecule has 16 nitrogen and oxygen atoms in total. The highest BCUT2D eigenvalue weighted by molar-refractivity contribution is 6.39. The number of ether oxygens (including phenoxy) is 5. The highest BCUT2D eigenvalue weighted by atomic mass is 16.6. The molecule has 4 aliphatic rings. The van der Waals surface area contributed by atoms with E-state index in [1.54, 1.807) is 45.2 Å². The molecule has 5 rings (SSSR count). The van der Waals surface area contributed by atoms with Gasteiger partial charge in [-0.25, -0.2) is 9.48 Å². The number of carbonyl (C=O) groups is 5. The van der Waals surface area contributed by atoms with Crippen molar-refractivity contribution in [1.82, 2.24) is 25.1 Å². The van der Waals surface area contributed by atoms with Crippen LogP contribution in [-0.4, -0.2) is 136 Å². The van der Waals surface area contributed by atoms with Gasteiger partial charge in [-0.3, -0.25) is 19.2 Å². The van der Waals surface area contributed by atoms with E-state index in [1.165, 1.54) is 18.9 Å². The van der Waals surface area contributed by atoms with E-state index in [4.69, 9.17) is 23.7 Å². The maximum absolute atomic E-state index is 14.5. The fraction of sp³-hybridized carbons (Fsp3) is 0.736. The summed E-state index contributed by atoms with van der Waals surface area (Å²) in [6.07, 6.45) is 16.6. The van der Waals surface area contributed by atoms with Gasteiger partial charge in [0.05, 0.1) is 18.2 Å². The normalized spacial score (nSPS) is 38.8. The van der Waals surface area contributed by atoms with Gasteiger partial charge in [0.25, 0.3) is 11.7 Å². The van der Waals surface area contributed by atoms with Gasteiger partial charge in [0.2, 0.25) is 0 Å². The van der Waals surface area contributed by atoms with Crippen molar-refractivity contribution in [1.29, 1.82) is 0 Å². The SMILES string of the molecule is COC1CC(C[C@@H](C)[C@@H]2CC(=O)[C@H](C)/C=C(\C)[C@H]3OC(C[C@H](C)/C=C/C=C/C=C(\C)[C@@H](OC)C[C@@H](C)CCC(C)[C@](C)(O)C(=O)C(=O)N4CCCC[C@H]4C(=O)O2)C(=O)C3OC)CCC1n1cnnn1. The first-order chi connectivity index (χ1) is 32.8. The van der Waals surface area contributed by atoms with Crippen molar-refractivity contribution >= 4 is 29.2 Å². The molecule has 1 aromatic heterocycles. The lowest BCUT2D eigenvalue weighted by Gasteiger charge is -2.38. The number of cyclic esters (lactones) is 1. The van der Waals surface area contributed by atoms with Gasteiger partial charge in [-0.2, -0.15) is 0 Å². The predicted octanol–water partition coefficient (Wildman–Crippen LogP) is 7.12. The number of nitrogens with zero attached hydrogens (tertiary/aromatic N) is 5. The van der Waals surface area contributed by atoms with Gasteiger partial charge in [0.1, 0.15) is 48.2 Å². The summed E-state index contributed by atoms with van der Waals surface area (Å²) in [5, 5.41) is 23.5. The topological polar surface area (TPSA) is 199 Å². The zero-order chi connectivity index (χ0) is 50.6. The number of amides is 1. The van der Waals surface area contributed by atoms with Crippen LogP contribution >= 0.6 is 0 Å². The van der Waals surface area contributed by atoms with Gasteiger partial charge < -0.3 is 33.7 Å². The third kappa shape index (κ3) is 14.5. The molecule has 6 unspecified atom stereocenters. The van der Waals surface area contributed by atoms with Crippen LogP contribution in [0.1, 0.15) is 138 Å². The van der Waals surface area contributed by atoms with Crippen LogP contribution in [0.5, 0.6) is 0 Å². The number of aliphatic hydroxyl groups is 1. The zero-order valence-electron chi connectivity index (χ0n) is 43.1. The second-order valence-corrected chi connectivity index (χ2v) is 20.9. The number of tetrazole rings is 1. The van der Waals surface area contributed by atoms with Crippen molar-refractivity contribution in [3.05, 3.63) is 53.9 Å². The minimum Gasteiger partial charge on any atom is -0.460 e. The molecule has 3 fully saturated rings. The molecule has 69 heavy (non-hydrogen) atoms. The molecule has 2 saturated heterocycles. The molecule has 4 heterocycles. The molecule has 2 bridgehead atoms. The zero-order valence-corrected chi connectivity index (χ0v) is 43.1. The number of Topliss-reactive ketones (excluding diaryl/α,β-unsaturated/α-hetero) is 3. The molecule has 1 N–H and O–H groups in total. The Morgan fingerprint density at radius 1 is 0.884 bits per heavy atom. The van der Waals surface area contributed by atoms with Crippen LogP contribution < -0.4 is 0 Å². The van der Waals surface area contributed by atoms with Gasteiger partial charge in [-0.05, 0) is 136 Å². The molecular formula is C53H81N5O11. The first-order valence-electron chi connectivity index (χ1n) is 25.3. The minimum absolute atomic E-state index is 0.0166. The average molecular weight is 964 g/mol. The van der Waals surface area contributed by atoms with E-state index in [2.05, 4.69) is 22.4 Å². The number of methoxy groups -OCH3 is 3. The first kappa shape index (κ1) is 55.7. The Bertz CT molecular complexity index is 2010. The Kier molecular flexibility index (Phi) is 20.8. The third-order valence-electron chi connectivity index (χ3n) is 15.5. The van der Waals surface area contributed by atoms with E-state index in [0.29, 0.717) is 56.9 Å². The standard InChI is InChI=1S/C53H81N5O11/c1-32-17-13-12-14-18-34(3)43(65-9)25-33(2)20-21-38(7)53(8,64)50(61)51(62)57-24-16-15-19-41(57)52(63)69-44(36(5)28-39-22-23-40(45(29-39)66-10)58-31-54-55-56-58)30-42(59)35(4)27-37(6)48-49(67-11)47(60)46(26-32)68-48/h12-14,17-18,27,31-33,35-36,38-41,43-46,48-49,64H,15-16,19-26,28-30H2,1-11H3/b14-12+,17-13+,34-18+,37-27+/t32-,33+,35-,36-,38?,39?,40?,41+,43+,44+,45?,46?,48-,49?,53+/m1/s1. The monoisotopic (exact) mass is 964 g/mol. The molecule has 3 aliphatic heterocycles. The lowest BCUT2D eigenvalue weighted by Crippen LogP contribution is -2.57. The number of esters is 1. The van der Waals surface area contributed by atoms with E-state index in [-0.39, 0.29) is 72.9 Å². The van der Waals surface area contributed by atoms with Crippen LogP contribution in [-0.2, 0) is 47.7 Å². The number of allylic oxidation sites excluding steroid dienone is 6. The smallest absolute Gasteiger partial charge is 0.329 e. The maximum atomic E-state index is 14.5. The van der Waals surface area contributed by atoms with Gasteiger partial charge in [-0.1, -0.05) is 77.5 Å². The van der Waals surface area contributed by atoms with Crippen LogP contribution in [0.25, 0.3) is 0 Å². The van der Waals surface area contributed by atoms with E-state index in [1.807, 2.05) is 58.1 Å². The lowest BCUT2D eigenvalue weighted by molar-refractivity contribution is -0.169. The van der Waals surface area contributed by atoms with Gasteiger partial charge in [0.15, 0.2) is 5.78 Å². The van der Waals surface area contributed by atoms with Crippen molar-refractivity contribution in [2.45, 2.75) is 187 Å². The molecule has 1 aromatic rings. The molecule has 0 aromatic carbocycles. The summed E-state index contributed by atoms with van der Waals surface area (Å²) < 4.78 is 32.0.